The minimum absolute atomic E-state index is 0.196. The van der Waals surface area contributed by atoms with Crippen LogP contribution in [0.25, 0.3) is 16.6 Å². The molecule has 0 aliphatic carbocycles. The number of carbonyl (C=O) groups excluding carboxylic acids is 1. The third-order valence-electron chi connectivity index (χ3n) is 6.47. The quantitative estimate of drug-likeness (QED) is 0.286. The molecule has 3 aromatic carbocycles. The molecule has 4 aromatic rings. The number of methoxy groups -OCH3 is 1. The molecule has 1 atom stereocenters. The molecule has 0 radical (unpaired) electrons. The van der Waals surface area contributed by atoms with Gasteiger partial charge in [-0.25, -0.2) is 9.78 Å². The Morgan fingerprint density at radius 1 is 1.05 bits per heavy atom. The SMILES string of the molecule is CCCCN(C(=O)Nc1cccc(C)c1)C(CC)c1nc2ccccc2c(=O)n1-c1ccccc1OC. The van der Waals surface area contributed by atoms with Gasteiger partial charge in [-0.3, -0.25) is 9.36 Å². The highest BCUT2D eigenvalue weighted by molar-refractivity contribution is 5.89. The van der Waals surface area contributed by atoms with Gasteiger partial charge < -0.3 is 15.0 Å². The van der Waals surface area contributed by atoms with Crippen LogP contribution in [0, 0.1) is 6.92 Å². The number of urea groups is 1. The Balaban J connectivity index is 1.90. The van der Waals surface area contributed by atoms with Crippen LogP contribution in [-0.2, 0) is 0 Å². The lowest BCUT2D eigenvalue weighted by molar-refractivity contribution is 0.180. The van der Waals surface area contributed by atoms with Gasteiger partial charge >= 0.3 is 6.03 Å². The van der Waals surface area contributed by atoms with E-state index in [4.69, 9.17) is 9.72 Å². The summed E-state index contributed by atoms with van der Waals surface area (Å²) in [6, 6.07) is 21.8. The van der Waals surface area contributed by atoms with Gasteiger partial charge in [0, 0.05) is 12.2 Å². The molecule has 7 nitrogen and oxygen atoms in total. The van der Waals surface area contributed by atoms with Gasteiger partial charge in [0.1, 0.15) is 11.6 Å². The lowest BCUT2D eigenvalue weighted by Gasteiger charge is -2.32. The first kappa shape index (κ1) is 25.9. The van der Waals surface area contributed by atoms with Crippen LogP contribution in [0.2, 0.25) is 0 Å². The molecule has 37 heavy (non-hydrogen) atoms. The zero-order chi connectivity index (χ0) is 26.4. The van der Waals surface area contributed by atoms with E-state index in [0.29, 0.717) is 41.1 Å². The largest absolute Gasteiger partial charge is 0.495 e. The van der Waals surface area contributed by atoms with Gasteiger partial charge in [-0.05, 0) is 61.7 Å². The maximum atomic E-state index is 13.9. The van der Waals surface area contributed by atoms with Gasteiger partial charge in [-0.15, -0.1) is 0 Å². The molecule has 0 aliphatic rings. The first-order valence-corrected chi connectivity index (χ1v) is 12.8. The number of aryl methyl sites for hydroxylation is 1. The van der Waals surface area contributed by atoms with Crippen molar-refractivity contribution in [2.45, 2.75) is 46.1 Å². The number of rotatable bonds is 9. The number of para-hydroxylation sites is 3. The molecule has 4 rings (SSSR count). The monoisotopic (exact) mass is 498 g/mol. The number of aromatic nitrogens is 2. The number of anilines is 1. The van der Waals surface area contributed by atoms with E-state index in [9.17, 15) is 9.59 Å². The second-order valence-corrected chi connectivity index (χ2v) is 9.07. The van der Waals surface area contributed by atoms with Gasteiger partial charge in [-0.1, -0.05) is 56.7 Å². The molecular formula is C30H34N4O3. The number of unbranched alkanes of at least 4 members (excludes halogenated alkanes) is 1. The number of ether oxygens (including phenoxy) is 1. The molecule has 0 bridgehead atoms. The summed E-state index contributed by atoms with van der Waals surface area (Å²) in [5, 5.41) is 3.57. The van der Waals surface area contributed by atoms with Crippen LogP contribution >= 0.6 is 0 Å². The summed E-state index contributed by atoms with van der Waals surface area (Å²) in [4.78, 5) is 34.4. The Morgan fingerprint density at radius 2 is 1.81 bits per heavy atom. The van der Waals surface area contributed by atoms with Crippen LogP contribution in [0.15, 0.2) is 77.6 Å². The van der Waals surface area contributed by atoms with Crippen LogP contribution in [-0.4, -0.2) is 34.1 Å². The Kier molecular flexibility index (Phi) is 8.23. The Labute approximate surface area is 217 Å². The number of benzene rings is 3. The second kappa shape index (κ2) is 11.7. The number of nitrogens with one attached hydrogen (secondary N) is 1. The lowest BCUT2D eigenvalue weighted by Crippen LogP contribution is -2.41. The molecule has 0 fully saturated rings. The topological polar surface area (TPSA) is 76.5 Å². The van der Waals surface area contributed by atoms with E-state index in [1.807, 2.05) is 80.6 Å². The van der Waals surface area contributed by atoms with Crippen molar-refractivity contribution in [3.8, 4) is 11.4 Å². The van der Waals surface area contributed by atoms with Crippen LogP contribution in [0.4, 0.5) is 10.5 Å². The minimum Gasteiger partial charge on any atom is -0.495 e. The van der Waals surface area contributed by atoms with Gasteiger partial charge in [0.25, 0.3) is 5.56 Å². The number of hydrogen-bond acceptors (Lipinski definition) is 4. The Bertz CT molecular complexity index is 1450. The molecule has 0 saturated carbocycles. The van der Waals surface area contributed by atoms with Crippen molar-refractivity contribution in [3.05, 3.63) is 94.5 Å². The van der Waals surface area contributed by atoms with E-state index in [-0.39, 0.29) is 11.6 Å². The van der Waals surface area contributed by atoms with Crippen LogP contribution < -0.4 is 15.6 Å². The molecule has 2 amide bonds. The van der Waals surface area contributed by atoms with Crippen molar-refractivity contribution in [1.82, 2.24) is 14.5 Å². The Hall–Kier alpha value is -4.13. The molecule has 1 unspecified atom stereocenters. The van der Waals surface area contributed by atoms with Crippen molar-refractivity contribution in [1.29, 1.82) is 0 Å². The lowest BCUT2D eigenvalue weighted by atomic mass is 10.1. The standard InChI is InChI=1S/C30H34N4O3/c1-5-7-19-33(30(36)31-22-14-12-13-21(3)20-22)25(6-2)28-32-24-16-9-8-15-23(24)29(35)34(28)26-17-10-11-18-27(26)37-4/h8-18,20,25H,5-7,19H2,1-4H3,(H,31,36). The van der Waals surface area contributed by atoms with Crippen molar-refractivity contribution in [2.75, 3.05) is 19.0 Å². The van der Waals surface area contributed by atoms with E-state index >= 15 is 0 Å². The van der Waals surface area contributed by atoms with Crippen molar-refractivity contribution >= 4 is 22.6 Å². The third-order valence-corrected chi connectivity index (χ3v) is 6.47. The van der Waals surface area contributed by atoms with E-state index in [2.05, 4.69) is 12.2 Å². The van der Waals surface area contributed by atoms with Gasteiger partial charge in [0.2, 0.25) is 0 Å². The normalized spacial score (nSPS) is 11.8. The van der Waals surface area contributed by atoms with E-state index < -0.39 is 6.04 Å². The Morgan fingerprint density at radius 3 is 2.54 bits per heavy atom. The fourth-order valence-electron chi connectivity index (χ4n) is 4.61. The zero-order valence-electron chi connectivity index (χ0n) is 21.9. The van der Waals surface area contributed by atoms with Gasteiger partial charge in [-0.2, -0.15) is 0 Å². The van der Waals surface area contributed by atoms with E-state index in [0.717, 1.165) is 24.1 Å². The maximum absolute atomic E-state index is 13.9. The highest BCUT2D eigenvalue weighted by atomic mass is 16.5. The summed E-state index contributed by atoms with van der Waals surface area (Å²) in [6.07, 6.45) is 2.32. The summed E-state index contributed by atoms with van der Waals surface area (Å²) in [5.74, 6) is 1.06. The fourth-order valence-corrected chi connectivity index (χ4v) is 4.61. The van der Waals surface area contributed by atoms with Crippen molar-refractivity contribution in [3.63, 3.8) is 0 Å². The molecule has 1 aromatic heterocycles. The van der Waals surface area contributed by atoms with Crippen molar-refractivity contribution < 1.29 is 9.53 Å². The summed E-state index contributed by atoms with van der Waals surface area (Å²) in [6.45, 7) is 6.62. The average Bonchev–Trinajstić information content (AvgIpc) is 2.91. The maximum Gasteiger partial charge on any atom is 0.322 e. The van der Waals surface area contributed by atoms with Crippen molar-refractivity contribution in [2.24, 2.45) is 0 Å². The fraction of sp³-hybridized carbons (Fsp3) is 0.300. The molecule has 1 heterocycles. The third kappa shape index (κ3) is 5.50. The number of amides is 2. The summed E-state index contributed by atoms with van der Waals surface area (Å²) >= 11 is 0. The zero-order valence-corrected chi connectivity index (χ0v) is 21.9. The van der Waals surface area contributed by atoms with Crippen LogP contribution in [0.5, 0.6) is 5.75 Å². The van der Waals surface area contributed by atoms with E-state index in [1.54, 1.807) is 22.6 Å². The summed E-state index contributed by atoms with van der Waals surface area (Å²) in [7, 11) is 1.58. The highest BCUT2D eigenvalue weighted by Gasteiger charge is 2.29. The number of nitrogens with zero attached hydrogens (tertiary/aromatic N) is 3. The number of fused-ring (bicyclic) bond motifs is 1. The molecule has 1 N–H and O–H groups in total. The summed E-state index contributed by atoms with van der Waals surface area (Å²) in [5.41, 5.74) is 2.79. The average molecular weight is 499 g/mol. The predicted molar refractivity (Wildman–Crippen MR) is 149 cm³/mol. The van der Waals surface area contributed by atoms with Gasteiger partial charge in [0.05, 0.1) is 29.7 Å². The summed E-state index contributed by atoms with van der Waals surface area (Å²) < 4.78 is 7.22. The molecular weight excluding hydrogens is 464 g/mol. The van der Waals surface area contributed by atoms with Crippen LogP contribution in [0.3, 0.4) is 0 Å². The molecule has 7 heteroatoms. The van der Waals surface area contributed by atoms with Gasteiger partial charge in [0.15, 0.2) is 0 Å². The first-order valence-electron chi connectivity index (χ1n) is 12.8. The second-order valence-electron chi connectivity index (χ2n) is 9.07. The smallest absolute Gasteiger partial charge is 0.322 e. The first-order chi connectivity index (χ1) is 18.0. The molecule has 0 spiro atoms. The predicted octanol–water partition coefficient (Wildman–Crippen LogP) is 6.49. The molecule has 0 aliphatic heterocycles. The number of carbonyl (C=O) groups is 1. The van der Waals surface area contributed by atoms with E-state index in [1.165, 1.54) is 0 Å². The molecule has 0 saturated heterocycles. The highest BCUT2D eigenvalue weighted by Crippen LogP contribution is 2.30. The molecule has 192 valence electrons. The number of hydrogen-bond donors (Lipinski definition) is 1. The minimum atomic E-state index is -0.446. The van der Waals surface area contributed by atoms with Crippen LogP contribution in [0.1, 0.15) is 50.5 Å².